The molecule has 1 aromatic carbocycles. The summed E-state index contributed by atoms with van der Waals surface area (Å²) >= 11 is 1.63. The van der Waals surface area contributed by atoms with Gasteiger partial charge >= 0.3 is 0 Å². The molecule has 0 aliphatic heterocycles. The lowest BCUT2D eigenvalue weighted by Crippen LogP contribution is -2.02. The number of nitrogens with zero attached hydrogens (tertiary/aromatic N) is 4. The summed E-state index contributed by atoms with van der Waals surface area (Å²) in [5.74, 6) is 1.75. The fourth-order valence-corrected chi connectivity index (χ4v) is 2.93. The Labute approximate surface area is 117 Å². The van der Waals surface area contributed by atoms with Gasteiger partial charge in [-0.2, -0.15) is 5.26 Å². The van der Waals surface area contributed by atoms with Crippen LogP contribution in [0.3, 0.4) is 0 Å². The molecule has 0 saturated carbocycles. The van der Waals surface area contributed by atoms with Crippen molar-refractivity contribution in [3.05, 3.63) is 41.2 Å². The normalized spacial score (nSPS) is 10.4. The van der Waals surface area contributed by atoms with E-state index < -0.39 is 0 Å². The van der Waals surface area contributed by atoms with E-state index >= 15 is 0 Å². The maximum absolute atomic E-state index is 9.07. The van der Waals surface area contributed by atoms with Crippen LogP contribution in [0.15, 0.2) is 29.4 Å². The highest BCUT2D eigenvalue weighted by Gasteiger charge is 2.10. The third kappa shape index (κ3) is 2.96. The van der Waals surface area contributed by atoms with E-state index in [4.69, 9.17) is 5.26 Å². The predicted octanol–water partition coefficient (Wildman–Crippen LogP) is 3.02. The molecule has 0 spiro atoms. The van der Waals surface area contributed by atoms with Gasteiger partial charge in [0.2, 0.25) is 0 Å². The number of nitriles is 1. The van der Waals surface area contributed by atoms with Crippen LogP contribution in [0.5, 0.6) is 0 Å². The summed E-state index contributed by atoms with van der Waals surface area (Å²) in [6.45, 7) is 5.05. The molecule has 0 fully saturated rings. The number of aromatic nitrogens is 3. The van der Waals surface area contributed by atoms with E-state index in [1.54, 1.807) is 11.8 Å². The van der Waals surface area contributed by atoms with Crippen molar-refractivity contribution in [2.75, 3.05) is 0 Å². The summed E-state index contributed by atoms with van der Waals surface area (Å²) in [5.41, 5.74) is 1.77. The van der Waals surface area contributed by atoms with Gasteiger partial charge in [-0.05, 0) is 18.6 Å². The van der Waals surface area contributed by atoms with Crippen molar-refractivity contribution in [3.8, 4) is 6.07 Å². The van der Waals surface area contributed by atoms with Crippen LogP contribution in [-0.2, 0) is 18.7 Å². The second-order valence-corrected chi connectivity index (χ2v) is 5.00. The topological polar surface area (TPSA) is 54.5 Å². The van der Waals surface area contributed by atoms with Crippen molar-refractivity contribution in [3.63, 3.8) is 0 Å². The Morgan fingerprint density at radius 1 is 1.26 bits per heavy atom. The largest absolute Gasteiger partial charge is 0.306 e. The lowest BCUT2D eigenvalue weighted by atomic mass is 10.1. The van der Waals surface area contributed by atoms with E-state index in [9.17, 15) is 0 Å². The first kappa shape index (κ1) is 13.6. The Kier molecular flexibility index (Phi) is 4.58. The number of thioether (sulfide) groups is 1. The molecule has 0 N–H and O–H groups in total. The minimum Gasteiger partial charge on any atom is -0.306 e. The Balaban J connectivity index is 2.15. The fourth-order valence-electron chi connectivity index (χ4n) is 1.90. The first-order valence-electron chi connectivity index (χ1n) is 6.33. The number of hydrogen-bond donors (Lipinski definition) is 0. The standard InChI is InChI=1S/C14H16N4S/c1-3-13-16-17-14(18(13)4-2)19-10-12-8-6-5-7-11(12)9-15/h5-8H,3-4,10H2,1-2H3. The molecule has 0 atom stereocenters. The first-order chi connectivity index (χ1) is 9.30. The third-order valence-corrected chi connectivity index (χ3v) is 3.94. The Hall–Kier alpha value is -1.80. The average Bonchev–Trinajstić information content (AvgIpc) is 2.87. The van der Waals surface area contributed by atoms with Crippen molar-refractivity contribution in [1.82, 2.24) is 14.8 Å². The molecule has 0 saturated heterocycles. The zero-order valence-electron chi connectivity index (χ0n) is 11.1. The SMILES string of the molecule is CCc1nnc(SCc2ccccc2C#N)n1CC. The van der Waals surface area contributed by atoms with Gasteiger partial charge in [0.05, 0.1) is 11.6 Å². The molecule has 0 aliphatic carbocycles. The fraction of sp³-hybridized carbons (Fsp3) is 0.357. The summed E-state index contributed by atoms with van der Waals surface area (Å²) in [6, 6.07) is 9.89. The van der Waals surface area contributed by atoms with E-state index in [-0.39, 0.29) is 0 Å². The highest BCUT2D eigenvalue weighted by molar-refractivity contribution is 7.98. The zero-order chi connectivity index (χ0) is 13.7. The number of aryl methyl sites for hydroxylation is 1. The van der Waals surface area contributed by atoms with Crippen LogP contribution >= 0.6 is 11.8 Å². The first-order valence-corrected chi connectivity index (χ1v) is 7.31. The minimum atomic E-state index is 0.730. The Morgan fingerprint density at radius 2 is 2.05 bits per heavy atom. The molecule has 98 valence electrons. The molecule has 0 bridgehead atoms. The molecular formula is C14H16N4S. The molecule has 2 aromatic rings. The van der Waals surface area contributed by atoms with Gasteiger partial charge < -0.3 is 4.57 Å². The monoisotopic (exact) mass is 272 g/mol. The van der Waals surface area contributed by atoms with Gasteiger partial charge in [0.15, 0.2) is 5.16 Å². The molecule has 19 heavy (non-hydrogen) atoms. The van der Waals surface area contributed by atoms with Crippen LogP contribution in [0.1, 0.15) is 30.8 Å². The number of rotatable bonds is 5. The molecule has 1 heterocycles. The molecule has 1 aromatic heterocycles. The molecule has 5 heteroatoms. The van der Waals surface area contributed by atoms with E-state index in [0.717, 1.165) is 40.8 Å². The number of benzene rings is 1. The van der Waals surface area contributed by atoms with Crippen LogP contribution < -0.4 is 0 Å². The van der Waals surface area contributed by atoms with Crippen molar-refractivity contribution in [2.24, 2.45) is 0 Å². The van der Waals surface area contributed by atoms with Crippen molar-refractivity contribution in [2.45, 2.75) is 37.7 Å². The lowest BCUT2D eigenvalue weighted by Gasteiger charge is -2.06. The molecule has 0 aliphatic rings. The quantitative estimate of drug-likeness (QED) is 0.785. The van der Waals surface area contributed by atoms with Gasteiger partial charge in [-0.15, -0.1) is 10.2 Å². The highest BCUT2D eigenvalue weighted by atomic mass is 32.2. The molecule has 4 nitrogen and oxygen atoms in total. The van der Waals surface area contributed by atoms with E-state index in [2.05, 4.69) is 34.7 Å². The van der Waals surface area contributed by atoms with Crippen LogP contribution in [0.25, 0.3) is 0 Å². The van der Waals surface area contributed by atoms with E-state index in [0.29, 0.717) is 0 Å². The third-order valence-electron chi connectivity index (χ3n) is 2.92. The van der Waals surface area contributed by atoms with Crippen LogP contribution in [-0.4, -0.2) is 14.8 Å². The van der Waals surface area contributed by atoms with Gasteiger partial charge in [0, 0.05) is 18.7 Å². The Morgan fingerprint density at radius 3 is 2.74 bits per heavy atom. The van der Waals surface area contributed by atoms with E-state index in [1.807, 2.05) is 24.3 Å². The smallest absolute Gasteiger partial charge is 0.191 e. The summed E-state index contributed by atoms with van der Waals surface area (Å²) in [5, 5.41) is 18.4. The second kappa shape index (κ2) is 6.39. The van der Waals surface area contributed by atoms with Gasteiger partial charge in [0.1, 0.15) is 5.82 Å². The minimum absolute atomic E-state index is 0.730. The second-order valence-electron chi connectivity index (χ2n) is 4.05. The van der Waals surface area contributed by atoms with E-state index in [1.165, 1.54) is 0 Å². The van der Waals surface area contributed by atoms with Crippen LogP contribution in [0, 0.1) is 11.3 Å². The zero-order valence-corrected chi connectivity index (χ0v) is 11.9. The molecular weight excluding hydrogens is 256 g/mol. The highest BCUT2D eigenvalue weighted by Crippen LogP contribution is 2.23. The van der Waals surface area contributed by atoms with Crippen molar-refractivity contribution >= 4 is 11.8 Å². The average molecular weight is 272 g/mol. The van der Waals surface area contributed by atoms with Crippen LogP contribution in [0.2, 0.25) is 0 Å². The van der Waals surface area contributed by atoms with Gasteiger partial charge in [0.25, 0.3) is 0 Å². The molecule has 0 unspecified atom stereocenters. The number of hydrogen-bond acceptors (Lipinski definition) is 4. The maximum Gasteiger partial charge on any atom is 0.191 e. The van der Waals surface area contributed by atoms with Gasteiger partial charge in [-0.3, -0.25) is 0 Å². The van der Waals surface area contributed by atoms with Crippen LogP contribution in [0.4, 0.5) is 0 Å². The summed E-state index contributed by atoms with van der Waals surface area (Å²) in [6.07, 6.45) is 0.885. The summed E-state index contributed by atoms with van der Waals surface area (Å²) in [4.78, 5) is 0. The van der Waals surface area contributed by atoms with Gasteiger partial charge in [-0.25, -0.2) is 0 Å². The summed E-state index contributed by atoms with van der Waals surface area (Å²) in [7, 11) is 0. The molecule has 2 rings (SSSR count). The maximum atomic E-state index is 9.07. The van der Waals surface area contributed by atoms with Gasteiger partial charge in [-0.1, -0.05) is 36.9 Å². The molecule has 0 amide bonds. The lowest BCUT2D eigenvalue weighted by molar-refractivity contribution is 0.647. The van der Waals surface area contributed by atoms with Crippen molar-refractivity contribution in [1.29, 1.82) is 5.26 Å². The molecule has 0 radical (unpaired) electrons. The van der Waals surface area contributed by atoms with Crippen molar-refractivity contribution < 1.29 is 0 Å². The predicted molar refractivity (Wildman–Crippen MR) is 75.8 cm³/mol. The Bertz CT molecular complexity index is 598. The summed E-state index contributed by atoms with van der Waals surface area (Å²) < 4.78 is 2.12.